The van der Waals surface area contributed by atoms with Gasteiger partial charge in [0, 0.05) is 40.6 Å². The molecule has 0 radical (unpaired) electrons. The molecule has 0 aliphatic carbocycles. The van der Waals surface area contributed by atoms with Gasteiger partial charge < -0.3 is 14.6 Å². The number of nitrogens with one attached hydrogen (secondary N) is 1. The molecule has 0 bridgehead atoms. The molecule has 146 valence electrons. The Morgan fingerprint density at radius 3 is 2.86 bits per heavy atom. The third-order valence-electron chi connectivity index (χ3n) is 4.60. The van der Waals surface area contributed by atoms with Gasteiger partial charge in [0.05, 0.1) is 11.3 Å². The number of fused-ring (bicyclic) bond motifs is 1. The van der Waals surface area contributed by atoms with Crippen molar-refractivity contribution in [1.29, 1.82) is 0 Å². The molecule has 0 unspecified atom stereocenters. The molecule has 0 fully saturated rings. The fourth-order valence-corrected chi connectivity index (χ4v) is 4.07. The molecule has 1 aromatic heterocycles. The summed E-state index contributed by atoms with van der Waals surface area (Å²) in [4.78, 5) is 37.5. The number of esters is 1. The van der Waals surface area contributed by atoms with Crippen LogP contribution in [0.3, 0.4) is 0 Å². The minimum atomic E-state index is -0.598. The van der Waals surface area contributed by atoms with Gasteiger partial charge in [-0.25, -0.2) is 4.79 Å². The van der Waals surface area contributed by atoms with E-state index >= 15 is 0 Å². The summed E-state index contributed by atoms with van der Waals surface area (Å²) in [6.45, 7) is 7.78. The summed E-state index contributed by atoms with van der Waals surface area (Å²) in [5.74, 6) is -0.238. The molecule has 1 aliphatic heterocycles. The lowest BCUT2D eigenvalue weighted by Crippen LogP contribution is -2.16. The Morgan fingerprint density at radius 2 is 2.11 bits per heavy atom. The van der Waals surface area contributed by atoms with Gasteiger partial charge in [0.1, 0.15) is 0 Å². The molecule has 28 heavy (non-hydrogen) atoms. The van der Waals surface area contributed by atoms with Crippen LogP contribution in [0.5, 0.6) is 0 Å². The van der Waals surface area contributed by atoms with Crippen LogP contribution in [0.4, 0.5) is 5.69 Å². The number of carbonyl (C=O) groups excluding carboxylic acids is 3. The third kappa shape index (κ3) is 4.20. The van der Waals surface area contributed by atoms with Gasteiger partial charge in [-0.1, -0.05) is 6.08 Å². The van der Waals surface area contributed by atoms with Crippen molar-refractivity contribution in [3.63, 3.8) is 0 Å². The van der Waals surface area contributed by atoms with Crippen LogP contribution < -0.4 is 5.32 Å². The number of Topliss-reactive ketones (excluding diaryl/α,β-unsaturated/α-hetero) is 1. The van der Waals surface area contributed by atoms with Gasteiger partial charge in [-0.05, 0) is 38.1 Å². The molecule has 0 spiro atoms. The van der Waals surface area contributed by atoms with E-state index in [2.05, 4.69) is 11.9 Å². The number of aryl methyl sites for hydroxylation is 1. The predicted octanol–water partition coefficient (Wildman–Crippen LogP) is 3.76. The molecule has 0 saturated carbocycles. The van der Waals surface area contributed by atoms with Gasteiger partial charge in [-0.3, -0.25) is 9.59 Å². The predicted molar refractivity (Wildman–Crippen MR) is 109 cm³/mol. The van der Waals surface area contributed by atoms with Gasteiger partial charge in [0.2, 0.25) is 11.7 Å². The maximum Gasteiger partial charge on any atom is 0.338 e. The highest BCUT2D eigenvalue weighted by Gasteiger charge is 2.19. The van der Waals surface area contributed by atoms with Gasteiger partial charge in [-0.15, -0.1) is 18.3 Å². The Hall–Kier alpha value is -2.80. The summed E-state index contributed by atoms with van der Waals surface area (Å²) >= 11 is 1.56. The van der Waals surface area contributed by atoms with E-state index in [0.717, 1.165) is 16.3 Å². The van der Waals surface area contributed by atoms with Crippen molar-refractivity contribution in [2.75, 3.05) is 17.7 Å². The smallest absolute Gasteiger partial charge is 0.338 e. The number of thioether (sulfide) groups is 1. The Morgan fingerprint density at radius 1 is 1.32 bits per heavy atom. The summed E-state index contributed by atoms with van der Waals surface area (Å²) in [7, 11) is 0. The summed E-state index contributed by atoms with van der Waals surface area (Å²) in [5, 5.41) is 2.79. The number of nitrogens with zero attached hydrogens (tertiary/aromatic N) is 1. The fraction of sp³-hybridized carbons (Fsp3) is 0.286. The number of aromatic nitrogens is 1. The van der Waals surface area contributed by atoms with Crippen LogP contribution in [-0.4, -0.2) is 34.6 Å². The van der Waals surface area contributed by atoms with Crippen molar-refractivity contribution in [3.8, 4) is 0 Å². The minimum Gasteiger partial charge on any atom is -0.454 e. The van der Waals surface area contributed by atoms with E-state index in [4.69, 9.17) is 4.74 Å². The van der Waals surface area contributed by atoms with E-state index < -0.39 is 5.97 Å². The number of ketones is 1. The van der Waals surface area contributed by atoms with Crippen LogP contribution in [-0.2, 0) is 16.1 Å². The largest absolute Gasteiger partial charge is 0.454 e. The lowest BCUT2D eigenvalue weighted by molar-refractivity contribution is -0.115. The molecule has 1 aliphatic rings. The summed E-state index contributed by atoms with van der Waals surface area (Å²) in [6.07, 6.45) is 2.20. The topological polar surface area (TPSA) is 77.4 Å². The molecule has 1 N–H and O–H groups in total. The molecule has 3 rings (SSSR count). The quantitative estimate of drug-likeness (QED) is 0.455. The zero-order valence-electron chi connectivity index (χ0n) is 15.9. The first-order valence-electron chi connectivity index (χ1n) is 8.95. The molecule has 7 heteroatoms. The lowest BCUT2D eigenvalue weighted by atomic mass is 10.1. The van der Waals surface area contributed by atoms with E-state index in [-0.39, 0.29) is 18.3 Å². The number of amides is 1. The normalized spacial score (nSPS) is 13.3. The second kappa shape index (κ2) is 8.48. The number of allylic oxidation sites excluding steroid dienone is 1. The lowest BCUT2D eigenvalue weighted by Gasteiger charge is -2.09. The molecule has 0 atom stereocenters. The second-order valence-corrected chi connectivity index (χ2v) is 7.68. The number of rotatable bonds is 6. The maximum atomic E-state index is 12.5. The summed E-state index contributed by atoms with van der Waals surface area (Å²) < 4.78 is 7.20. The Kier molecular flexibility index (Phi) is 6.04. The van der Waals surface area contributed by atoms with Crippen LogP contribution in [0.15, 0.2) is 41.8 Å². The van der Waals surface area contributed by atoms with Crippen LogP contribution >= 0.6 is 11.8 Å². The average Bonchev–Trinajstić information content (AvgIpc) is 2.84. The van der Waals surface area contributed by atoms with E-state index in [9.17, 15) is 14.4 Å². The molecule has 1 amide bonds. The minimum absolute atomic E-state index is 0.0816. The van der Waals surface area contributed by atoms with E-state index in [1.54, 1.807) is 42.1 Å². The third-order valence-corrected chi connectivity index (χ3v) is 5.67. The first kappa shape index (κ1) is 19.9. The van der Waals surface area contributed by atoms with Gasteiger partial charge in [0.25, 0.3) is 0 Å². The van der Waals surface area contributed by atoms with Crippen LogP contribution in [0.25, 0.3) is 0 Å². The Labute approximate surface area is 167 Å². The highest BCUT2D eigenvalue weighted by Crippen LogP contribution is 2.31. The van der Waals surface area contributed by atoms with Gasteiger partial charge in [-0.2, -0.15) is 0 Å². The molecule has 1 aromatic carbocycles. The monoisotopic (exact) mass is 398 g/mol. The van der Waals surface area contributed by atoms with E-state index in [1.165, 1.54) is 0 Å². The van der Waals surface area contributed by atoms with Gasteiger partial charge in [0.15, 0.2) is 6.61 Å². The molecule has 2 aromatic rings. The van der Waals surface area contributed by atoms with E-state index in [0.29, 0.717) is 35.5 Å². The Bertz CT molecular complexity index is 962. The van der Waals surface area contributed by atoms with Crippen molar-refractivity contribution < 1.29 is 19.1 Å². The number of carbonyl (C=O) groups is 3. The van der Waals surface area contributed by atoms with Crippen molar-refractivity contribution in [2.45, 2.75) is 31.7 Å². The number of hydrogen-bond acceptors (Lipinski definition) is 5. The molecular weight excluding hydrogens is 376 g/mol. The molecule has 2 heterocycles. The number of benzene rings is 1. The van der Waals surface area contributed by atoms with Gasteiger partial charge >= 0.3 is 5.97 Å². The first-order valence-corrected chi connectivity index (χ1v) is 9.94. The molecule has 6 nitrogen and oxygen atoms in total. The summed E-state index contributed by atoms with van der Waals surface area (Å²) in [6, 6.07) is 6.82. The van der Waals surface area contributed by atoms with Crippen LogP contribution in [0, 0.1) is 13.8 Å². The number of anilines is 1. The van der Waals surface area contributed by atoms with Crippen LogP contribution in [0.1, 0.15) is 38.5 Å². The number of ether oxygens (including phenoxy) is 1. The second-order valence-electron chi connectivity index (χ2n) is 6.54. The maximum absolute atomic E-state index is 12.5. The van der Waals surface area contributed by atoms with Crippen molar-refractivity contribution >= 4 is 35.1 Å². The highest BCUT2D eigenvalue weighted by molar-refractivity contribution is 7.99. The highest BCUT2D eigenvalue weighted by atomic mass is 32.2. The average molecular weight is 398 g/mol. The zero-order chi connectivity index (χ0) is 20.3. The standard InChI is InChI=1S/C21H22N2O4S/c1-4-8-23-13(2)10-16(14(23)3)18(24)12-27-21(26)15-5-6-19-17(11-15)22-20(25)7-9-28-19/h4-6,10-11H,1,7-9,12H2,2-3H3,(H,22,25). The fourth-order valence-electron chi connectivity index (χ4n) is 3.13. The summed E-state index contributed by atoms with van der Waals surface area (Å²) in [5.41, 5.74) is 3.21. The molecule has 0 saturated heterocycles. The number of hydrogen-bond donors (Lipinski definition) is 1. The zero-order valence-corrected chi connectivity index (χ0v) is 16.7. The van der Waals surface area contributed by atoms with E-state index in [1.807, 2.05) is 18.4 Å². The van der Waals surface area contributed by atoms with Crippen molar-refractivity contribution in [1.82, 2.24) is 4.57 Å². The Balaban J connectivity index is 1.69. The first-order chi connectivity index (χ1) is 13.4. The SMILES string of the molecule is C=CCn1c(C)cc(C(=O)COC(=O)c2ccc3c(c2)NC(=O)CCS3)c1C. The van der Waals surface area contributed by atoms with Crippen LogP contribution in [0.2, 0.25) is 0 Å². The molecular formula is C21H22N2O4S. The van der Waals surface area contributed by atoms with Crippen molar-refractivity contribution in [2.24, 2.45) is 0 Å². The van der Waals surface area contributed by atoms with Crippen molar-refractivity contribution in [3.05, 3.63) is 59.4 Å².